The first-order chi connectivity index (χ1) is 9.50. The Labute approximate surface area is 121 Å². The zero-order valence-corrected chi connectivity index (χ0v) is 11.9. The normalized spacial score (nSPS) is 15.9. The number of hydrogen-bond donors (Lipinski definition) is 1. The van der Waals surface area contributed by atoms with Gasteiger partial charge in [-0.05, 0) is 32.0 Å². The maximum Gasteiger partial charge on any atom is 0.270 e. The molecular weight excluding hydrogens is 282 g/mol. The van der Waals surface area contributed by atoms with Gasteiger partial charge in [-0.1, -0.05) is 11.6 Å². The molecule has 108 valence electrons. The van der Waals surface area contributed by atoms with Crippen LogP contribution in [-0.2, 0) is 0 Å². The van der Waals surface area contributed by atoms with Gasteiger partial charge in [0.2, 0.25) is 0 Å². The first kappa shape index (κ1) is 14.7. The van der Waals surface area contributed by atoms with Gasteiger partial charge in [0.05, 0.1) is 15.5 Å². The molecule has 6 nitrogen and oxygen atoms in total. The number of rotatable bonds is 3. The number of nitro groups is 1. The summed E-state index contributed by atoms with van der Waals surface area (Å²) >= 11 is 6.00. The number of non-ortho nitro benzene ring substituents is 1. The highest BCUT2D eigenvalue weighted by Gasteiger charge is 2.25. The van der Waals surface area contributed by atoms with E-state index in [0.717, 1.165) is 25.9 Å². The fourth-order valence-corrected chi connectivity index (χ4v) is 2.54. The van der Waals surface area contributed by atoms with E-state index in [1.54, 1.807) is 11.9 Å². The number of piperidine rings is 1. The van der Waals surface area contributed by atoms with Gasteiger partial charge in [0, 0.05) is 25.2 Å². The van der Waals surface area contributed by atoms with Crippen LogP contribution in [-0.4, -0.2) is 41.9 Å². The molecule has 1 N–H and O–H groups in total. The zero-order chi connectivity index (χ0) is 14.7. The minimum atomic E-state index is -0.530. The molecule has 2 rings (SSSR count). The quantitative estimate of drug-likeness (QED) is 0.684. The van der Waals surface area contributed by atoms with Gasteiger partial charge in [0.1, 0.15) is 0 Å². The standard InChI is InChI=1S/C13H16ClN3O3/c1-16(9-4-6-15-7-5-9)13(18)11-8-10(17(19)20)2-3-12(11)14/h2-3,8-9,15H,4-7H2,1H3. The van der Waals surface area contributed by atoms with Gasteiger partial charge in [-0.2, -0.15) is 0 Å². The summed E-state index contributed by atoms with van der Waals surface area (Å²) in [5.74, 6) is -0.273. The lowest BCUT2D eigenvalue weighted by Gasteiger charge is -2.31. The average molecular weight is 298 g/mol. The van der Waals surface area contributed by atoms with Crippen molar-refractivity contribution in [3.05, 3.63) is 38.9 Å². The van der Waals surface area contributed by atoms with E-state index in [2.05, 4.69) is 5.32 Å². The third-order valence-electron chi connectivity index (χ3n) is 3.57. The lowest BCUT2D eigenvalue weighted by atomic mass is 10.0. The zero-order valence-electron chi connectivity index (χ0n) is 11.1. The van der Waals surface area contributed by atoms with Gasteiger partial charge >= 0.3 is 0 Å². The first-order valence-electron chi connectivity index (χ1n) is 6.42. The molecular formula is C13H16ClN3O3. The van der Waals surface area contributed by atoms with Crippen molar-refractivity contribution in [3.63, 3.8) is 0 Å². The third kappa shape index (κ3) is 3.08. The summed E-state index contributed by atoms with van der Waals surface area (Å²) in [5, 5.41) is 14.3. The number of amides is 1. The molecule has 1 aliphatic heterocycles. The van der Waals surface area contributed by atoms with Crippen LogP contribution in [0.25, 0.3) is 0 Å². The molecule has 7 heteroatoms. The molecule has 1 aromatic rings. The van der Waals surface area contributed by atoms with Crippen LogP contribution >= 0.6 is 11.6 Å². The molecule has 1 aliphatic rings. The summed E-state index contributed by atoms with van der Waals surface area (Å²) in [6.45, 7) is 1.73. The SMILES string of the molecule is CN(C(=O)c1cc([N+](=O)[O-])ccc1Cl)C1CCNCC1. The Kier molecular flexibility index (Phi) is 4.57. The van der Waals surface area contributed by atoms with Gasteiger partial charge < -0.3 is 10.2 Å². The van der Waals surface area contributed by atoms with Crippen LogP contribution in [0.5, 0.6) is 0 Å². The van der Waals surface area contributed by atoms with Crippen LogP contribution in [0, 0.1) is 10.1 Å². The van der Waals surface area contributed by atoms with Gasteiger partial charge in [0.15, 0.2) is 0 Å². The predicted molar refractivity (Wildman–Crippen MR) is 76.1 cm³/mol. The van der Waals surface area contributed by atoms with E-state index in [1.165, 1.54) is 18.2 Å². The van der Waals surface area contributed by atoms with Crippen molar-refractivity contribution >= 4 is 23.2 Å². The fourth-order valence-electron chi connectivity index (χ4n) is 2.34. The van der Waals surface area contributed by atoms with E-state index in [0.29, 0.717) is 0 Å². The predicted octanol–water partition coefficient (Wildman–Crippen LogP) is 2.07. The molecule has 0 saturated carbocycles. The highest BCUT2D eigenvalue weighted by Crippen LogP contribution is 2.24. The Morgan fingerprint density at radius 2 is 2.10 bits per heavy atom. The second-order valence-corrected chi connectivity index (χ2v) is 5.23. The smallest absolute Gasteiger partial charge is 0.270 e. The second-order valence-electron chi connectivity index (χ2n) is 4.82. The van der Waals surface area contributed by atoms with Crippen molar-refractivity contribution in [2.45, 2.75) is 18.9 Å². The van der Waals surface area contributed by atoms with Gasteiger partial charge in [-0.15, -0.1) is 0 Å². The van der Waals surface area contributed by atoms with E-state index in [9.17, 15) is 14.9 Å². The van der Waals surface area contributed by atoms with Crippen molar-refractivity contribution in [3.8, 4) is 0 Å². The number of carbonyl (C=O) groups excluding carboxylic acids is 1. The minimum absolute atomic E-state index is 0.128. The molecule has 0 atom stereocenters. The highest BCUT2D eigenvalue weighted by molar-refractivity contribution is 6.33. The largest absolute Gasteiger partial charge is 0.339 e. The minimum Gasteiger partial charge on any atom is -0.339 e. The fraction of sp³-hybridized carbons (Fsp3) is 0.462. The topological polar surface area (TPSA) is 75.5 Å². The molecule has 1 saturated heterocycles. The average Bonchev–Trinajstić information content (AvgIpc) is 2.47. The van der Waals surface area contributed by atoms with Crippen LogP contribution in [0.15, 0.2) is 18.2 Å². The van der Waals surface area contributed by atoms with Crippen LogP contribution < -0.4 is 5.32 Å². The maximum atomic E-state index is 12.4. The Balaban J connectivity index is 2.23. The van der Waals surface area contributed by atoms with Gasteiger partial charge in [-0.3, -0.25) is 14.9 Å². The molecule has 0 aromatic heterocycles. The molecule has 0 spiro atoms. The van der Waals surface area contributed by atoms with Crippen molar-refractivity contribution < 1.29 is 9.72 Å². The lowest BCUT2D eigenvalue weighted by Crippen LogP contribution is -2.44. The molecule has 0 bridgehead atoms. The molecule has 1 amide bonds. The summed E-state index contributed by atoms with van der Waals surface area (Å²) in [4.78, 5) is 24.3. The van der Waals surface area contributed by atoms with Crippen LogP contribution in [0.1, 0.15) is 23.2 Å². The highest BCUT2D eigenvalue weighted by atomic mass is 35.5. The number of hydrogen-bond acceptors (Lipinski definition) is 4. The van der Waals surface area contributed by atoms with Crippen molar-refractivity contribution in [2.24, 2.45) is 0 Å². The second kappa shape index (κ2) is 6.19. The Hall–Kier alpha value is -1.66. The summed E-state index contributed by atoms with van der Waals surface area (Å²) < 4.78 is 0. The number of halogens is 1. The molecule has 0 aliphatic carbocycles. The molecule has 20 heavy (non-hydrogen) atoms. The summed E-state index contributed by atoms with van der Waals surface area (Å²) in [7, 11) is 1.72. The maximum absolute atomic E-state index is 12.4. The Bertz CT molecular complexity index is 530. The molecule has 0 radical (unpaired) electrons. The van der Waals surface area contributed by atoms with E-state index in [4.69, 9.17) is 11.6 Å². The summed E-state index contributed by atoms with van der Waals surface area (Å²) in [6.07, 6.45) is 1.74. The van der Waals surface area contributed by atoms with Crippen LogP contribution in [0.2, 0.25) is 5.02 Å². The number of nitrogens with one attached hydrogen (secondary N) is 1. The third-order valence-corrected chi connectivity index (χ3v) is 3.90. The van der Waals surface area contributed by atoms with E-state index >= 15 is 0 Å². The monoisotopic (exact) mass is 297 g/mol. The summed E-state index contributed by atoms with van der Waals surface area (Å²) in [6, 6.07) is 4.06. The Morgan fingerprint density at radius 3 is 2.70 bits per heavy atom. The van der Waals surface area contributed by atoms with Crippen LogP contribution in [0.3, 0.4) is 0 Å². The first-order valence-corrected chi connectivity index (χ1v) is 6.80. The molecule has 1 aromatic carbocycles. The molecule has 1 fully saturated rings. The van der Waals surface area contributed by atoms with Gasteiger partial charge in [0.25, 0.3) is 11.6 Å². The van der Waals surface area contributed by atoms with Crippen molar-refractivity contribution in [1.82, 2.24) is 10.2 Å². The number of benzene rings is 1. The van der Waals surface area contributed by atoms with Gasteiger partial charge in [-0.25, -0.2) is 0 Å². The van der Waals surface area contributed by atoms with E-state index in [1.807, 2.05) is 0 Å². The molecule has 0 unspecified atom stereocenters. The lowest BCUT2D eigenvalue weighted by molar-refractivity contribution is -0.384. The number of carbonyl (C=O) groups is 1. The van der Waals surface area contributed by atoms with E-state index < -0.39 is 4.92 Å². The van der Waals surface area contributed by atoms with E-state index in [-0.39, 0.29) is 28.2 Å². The molecule has 1 heterocycles. The summed E-state index contributed by atoms with van der Waals surface area (Å²) in [5.41, 5.74) is 0.0540. The number of nitrogens with zero attached hydrogens (tertiary/aromatic N) is 2. The number of nitro benzene ring substituents is 1. The van der Waals surface area contributed by atoms with Crippen LogP contribution in [0.4, 0.5) is 5.69 Å². The van der Waals surface area contributed by atoms with Crippen molar-refractivity contribution in [2.75, 3.05) is 20.1 Å². The van der Waals surface area contributed by atoms with Crippen molar-refractivity contribution in [1.29, 1.82) is 0 Å². The Morgan fingerprint density at radius 1 is 1.45 bits per heavy atom.